The number of rotatable bonds is 15. The van der Waals surface area contributed by atoms with Gasteiger partial charge in [-0.05, 0) is 38.6 Å². The third kappa shape index (κ3) is 10.4. The van der Waals surface area contributed by atoms with Crippen molar-refractivity contribution in [1.82, 2.24) is 25.9 Å². The number of carboxylic acids is 1. The van der Waals surface area contributed by atoms with Crippen molar-refractivity contribution < 1.29 is 24.3 Å². The molecule has 4 atom stereocenters. The summed E-state index contributed by atoms with van der Waals surface area (Å²) in [6.45, 7) is 5.75. The van der Waals surface area contributed by atoms with E-state index in [4.69, 9.17) is 11.5 Å². The maximum absolute atomic E-state index is 12.8. The van der Waals surface area contributed by atoms with Crippen LogP contribution in [0.2, 0.25) is 0 Å². The second-order valence-electron chi connectivity index (χ2n) is 8.48. The Morgan fingerprint density at radius 3 is 2.24 bits per heavy atom. The van der Waals surface area contributed by atoms with Crippen LogP contribution in [-0.2, 0) is 25.6 Å². The molecular formula is C21H37N7O5. The van der Waals surface area contributed by atoms with Gasteiger partial charge in [-0.15, -0.1) is 0 Å². The summed E-state index contributed by atoms with van der Waals surface area (Å²) in [5.41, 5.74) is 11.8. The van der Waals surface area contributed by atoms with Crippen molar-refractivity contribution in [2.75, 3.05) is 6.54 Å². The number of hydrogen-bond donors (Lipinski definition) is 7. The molecule has 12 nitrogen and oxygen atoms in total. The van der Waals surface area contributed by atoms with E-state index in [1.807, 2.05) is 13.8 Å². The minimum absolute atomic E-state index is 0.0146. The zero-order valence-corrected chi connectivity index (χ0v) is 19.5. The number of imidazole rings is 1. The van der Waals surface area contributed by atoms with Crippen LogP contribution >= 0.6 is 0 Å². The van der Waals surface area contributed by atoms with Crippen LogP contribution in [0.3, 0.4) is 0 Å². The summed E-state index contributed by atoms with van der Waals surface area (Å²) in [7, 11) is 0. The monoisotopic (exact) mass is 467 g/mol. The molecular weight excluding hydrogens is 430 g/mol. The molecule has 0 aliphatic carbocycles. The molecule has 0 aliphatic rings. The van der Waals surface area contributed by atoms with E-state index in [0.717, 1.165) is 6.42 Å². The molecule has 186 valence electrons. The van der Waals surface area contributed by atoms with Crippen molar-refractivity contribution in [3.05, 3.63) is 18.2 Å². The highest BCUT2D eigenvalue weighted by Gasteiger charge is 2.29. The van der Waals surface area contributed by atoms with Crippen molar-refractivity contribution in [3.63, 3.8) is 0 Å². The molecule has 0 aromatic carbocycles. The van der Waals surface area contributed by atoms with Crippen LogP contribution in [0.5, 0.6) is 0 Å². The van der Waals surface area contributed by atoms with Gasteiger partial charge < -0.3 is 37.5 Å². The van der Waals surface area contributed by atoms with E-state index in [1.54, 1.807) is 0 Å². The molecule has 9 N–H and O–H groups in total. The first-order valence-corrected chi connectivity index (χ1v) is 11.1. The first kappa shape index (κ1) is 28.0. The smallest absolute Gasteiger partial charge is 0.326 e. The van der Waals surface area contributed by atoms with Gasteiger partial charge in [0, 0.05) is 12.6 Å². The van der Waals surface area contributed by atoms with Crippen LogP contribution in [0, 0.1) is 5.92 Å². The fraction of sp³-hybridized carbons (Fsp3) is 0.667. The molecule has 0 unspecified atom stereocenters. The van der Waals surface area contributed by atoms with Crippen molar-refractivity contribution >= 4 is 23.7 Å². The predicted molar refractivity (Wildman–Crippen MR) is 122 cm³/mol. The van der Waals surface area contributed by atoms with Crippen LogP contribution in [0.1, 0.15) is 52.1 Å². The molecule has 0 aliphatic heterocycles. The molecule has 1 rings (SSSR count). The average Bonchev–Trinajstić information content (AvgIpc) is 3.25. The van der Waals surface area contributed by atoms with Gasteiger partial charge in [0.05, 0.1) is 18.1 Å². The zero-order valence-electron chi connectivity index (χ0n) is 19.5. The number of nitrogens with zero attached hydrogens (tertiary/aromatic N) is 1. The van der Waals surface area contributed by atoms with Gasteiger partial charge >= 0.3 is 5.97 Å². The van der Waals surface area contributed by atoms with Gasteiger partial charge in [-0.25, -0.2) is 9.78 Å². The topological polar surface area (TPSA) is 205 Å². The third-order valence-corrected chi connectivity index (χ3v) is 4.98. The molecule has 0 bridgehead atoms. The highest BCUT2D eigenvalue weighted by molar-refractivity contribution is 5.93. The minimum atomic E-state index is -1.22. The minimum Gasteiger partial charge on any atom is -0.480 e. The van der Waals surface area contributed by atoms with E-state index >= 15 is 0 Å². The number of carbonyl (C=O) groups is 4. The van der Waals surface area contributed by atoms with E-state index in [0.29, 0.717) is 31.5 Å². The number of aromatic amines is 1. The lowest BCUT2D eigenvalue weighted by atomic mass is 10.0. The fourth-order valence-electron chi connectivity index (χ4n) is 3.11. The van der Waals surface area contributed by atoms with Gasteiger partial charge in [0.15, 0.2) is 0 Å². The van der Waals surface area contributed by atoms with E-state index in [1.165, 1.54) is 19.4 Å². The van der Waals surface area contributed by atoms with Crippen LogP contribution in [-0.4, -0.2) is 69.5 Å². The maximum atomic E-state index is 12.8. The molecule has 1 heterocycles. The molecule has 33 heavy (non-hydrogen) atoms. The molecule has 0 radical (unpaired) electrons. The van der Waals surface area contributed by atoms with Crippen LogP contribution < -0.4 is 27.4 Å². The summed E-state index contributed by atoms with van der Waals surface area (Å²) in [6, 6.07) is -3.88. The second kappa shape index (κ2) is 14.2. The molecule has 0 saturated carbocycles. The molecule has 12 heteroatoms. The highest BCUT2D eigenvalue weighted by Crippen LogP contribution is 2.07. The standard InChI is InChI=1S/C21H37N7O5/c1-12(2)8-16(27-19(30)15(23)6-4-5-7-22)20(31)26-13(3)18(29)28-17(21(32)33)9-14-10-24-11-25-14/h10-13,15-17H,4-9,22-23H2,1-3H3,(H,24,25)(H,26,31)(H,27,30)(H,28,29)(H,32,33)/t13-,15-,16-,17-/m0/s1. The van der Waals surface area contributed by atoms with Crippen LogP contribution in [0.25, 0.3) is 0 Å². The van der Waals surface area contributed by atoms with Gasteiger partial charge in [-0.2, -0.15) is 0 Å². The number of carbonyl (C=O) groups excluding carboxylic acids is 3. The van der Waals surface area contributed by atoms with Crippen molar-refractivity contribution in [1.29, 1.82) is 0 Å². The van der Waals surface area contributed by atoms with Crippen LogP contribution in [0.4, 0.5) is 0 Å². The summed E-state index contributed by atoms with van der Waals surface area (Å²) in [4.78, 5) is 55.9. The fourth-order valence-corrected chi connectivity index (χ4v) is 3.11. The van der Waals surface area contributed by atoms with Gasteiger partial charge in [0.25, 0.3) is 0 Å². The first-order valence-electron chi connectivity index (χ1n) is 11.1. The summed E-state index contributed by atoms with van der Waals surface area (Å²) in [6.07, 6.45) is 5.18. The summed E-state index contributed by atoms with van der Waals surface area (Å²) in [5.74, 6) is -2.80. The molecule has 0 spiro atoms. The number of nitrogens with two attached hydrogens (primary N) is 2. The highest BCUT2D eigenvalue weighted by atomic mass is 16.4. The van der Waals surface area contributed by atoms with Gasteiger partial charge in [-0.1, -0.05) is 20.3 Å². The quantitative estimate of drug-likeness (QED) is 0.159. The van der Waals surface area contributed by atoms with Gasteiger partial charge in [0.2, 0.25) is 17.7 Å². The molecule has 3 amide bonds. The Labute approximate surface area is 193 Å². The Kier molecular flexibility index (Phi) is 12.1. The Balaban J connectivity index is 2.71. The zero-order chi connectivity index (χ0) is 25.0. The lowest BCUT2D eigenvalue weighted by Crippen LogP contribution is -2.56. The molecule has 0 fully saturated rings. The summed E-state index contributed by atoms with van der Waals surface area (Å²) >= 11 is 0. The Morgan fingerprint density at radius 1 is 1.03 bits per heavy atom. The maximum Gasteiger partial charge on any atom is 0.326 e. The number of aromatic nitrogens is 2. The SMILES string of the molecule is CC(C)C[C@H](NC(=O)[C@@H](N)CCCCN)C(=O)N[C@@H](C)C(=O)N[C@@H](Cc1c[nH]cn1)C(=O)O. The van der Waals surface area contributed by atoms with E-state index in [-0.39, 0.29) is 12.3 Å². The van der Waals surface area contributed by atoms with E-state index in [9.17, 15) is 24.3 Å². The normalized spacial score (nSPS) is 14.7. The van der Waals surface area contributed by atoms with Gasteiger partial charge in [0.1, 0.15) is 18.1 Å². The largest absolute Gasteiger partial charge is 0.480 e. The van der Waals surface area contributed by atoms with Crippen molar-refractivity contribution in [3.8, 4) is 0 Å². The Bertz CT molecular complexity index is 769. The van der Waals surface area contributed by atoms with Crippen molar-refractivity contribution in [2.45, 2.75) is 77.0 Å². The number of amides is 3. The van der Waals surface area contributed by atoms with Crippen LogP contribution in [0.15, 0.2) is 12.5 Å². The lowest BCUT2D eigenvalue weighted by Gasteiger charge is -2.24. The Morgan fingerprint density at radius 2 is 1.70 bits per heavy atom. The number of carboxylic acid groups (broad SMARTS) is 1. The Hall–Kier alpha value is -2.99. The van der Waals surface area contributed by atoms with E-state index in [2.05, 4.69) is 25.9 Å². The number of nitrogens with one attached hydrogen (secondary N) is 4. The third-order valence-electron chi connectivity index (χ3n) is 4.98. The number of unbranched alkanes of at least 4 members (excludes halogenated alkanes) is 1. The molecule has 1 aromatic heterocycles. The number of H-pyrrole nitrogens is 1. The lowest BCUT2D eigenvalue weighted by molar-refractivity contribution is -0.142. The average molecular weight is 468 g/mol. The van der Waals surface area contributed by atoms with Gasteiger partial charge in [-0.3, -0.25) is 14.4 Å². The summed E-state index contributed by atoms with van der Waals surface area (Å²) in [5, 5.41) is 17.0. The van der Waals surface area contributed by atoms with E-state index < -0.39 is 47.9 Å². The summed E-state index contributed by atoms with van der Waals surface area (Å²) < 4.78 is 0. The predicted octanol–water partition coefficient (Wildman–Crippen LogP) is -0.986. The second-order valence-corrected chi connectivity index (χ2v) is 8.48. The van der Waals surface area contributed by atoms with Crippen molar-refractivity contribution in [2.24, 2.45) is 17.4 Å². The molecule has 0 saturated heterocycles. The number of aliphatic carboxylic acids is 1. The first-order chi connectivity index (χ1) is 15.5. The molecule has 1 aromatic rings. The number of hydrogen-bond acceptors (Lipinski definition) is 7.